The molecule has 2 aromatic rings. The molecule has 31 heavy (non-hydrogen) atoms. The highest BCUT2D eigenvalue weighted by Crippen LogP contribution is 2.24. The summed E-state index contributed by atoms with van der Waals surface area (Å²) in [5, 5.41) is 3.95. The van der Waals surface area contributed by atoms with Crippen LogP contribution in [0.3, 0.4) is 0 Å². The monoisotopic (exact) mass is 427 g/mol. The summed E-state index contributed by atoms with van der Waals surface area (Å²) in [4.78, 5) is 9.20. The van der Waals surface area contributed by atoms with Gasteiger partial charge in [-0.2, -0.15) is 0 Å². The average Bonchev–Trinajstić information content (AvgIpc) is 3.10. The number of imidazole rings is 1. The maximum absolute atomic E-state index is 5.98. The molecule has 0 radical (unpaired) electrons. The molecule has 0 fully saturated rings. The van der Waals surface area contributed by atoms with Crippen molar-refractivity contribution in [2.24, 2.45) is 12.2 Å². The van der Waals surface area contributed by atoms with Crippen LogP contribution in [0, 0.1) is 13.8 Å². The molecule has 0 unspecified atom stereocenters. The van der Waals surface area contributed by atoms with Gasteiger partial charge in [-0.15, -0.1) is 0 Å². The molecule has 0 aliphatic rings. The second-order valence-corrected chi connectivity index (χ2v) is 7.80. The number of aryl methyl sites for hydroxylation is 3. The van der Waals surface area contributed by atoms with Crippen molar-refractivity contribution in [2.45, 2.75) is 59.8 Å². The Hall–Kier alpha value is -2.76. The summed E-state index contributed by atoms with van der Waals surface area (Å²) in [6.07, 6.45) is 11.4. The van der Waals surface area contributed by atoms with Crippen molar-refractivity contribution < 1.29 is 14.3 Å². The van der Waals surface area contributed by atoms with Gasteiger partial charge in [0.15, 0.2) is 0 Å². The second-order valence-electron chi connectivity index (χ2n) is 7.80. The average molecular weight is 428 g/mol. The topological polar surface area (TPSA) is 57.9 Å². The van der Waals surface area contributed by atoms with Gasteiger partial charge in [-0.25, -0.2) is 4.98 Å². The molecule has 0 saturated carbocycles. The van der Waals surface area contributed by atoms with Crippen LogP contribution in [0.4, 0.5) is 0 Å². The second kappa shape index (κ2) is 12.8. The first-order valence-corrected chi connectivity index (χ1v) is 11.0. The third-order valence-corrected chi connectivity index (χ3v) is 5.27. The molecule has 1 aromatic heterocycles. The minimum Gasteiger partial charge on any atom is -0.490 e. The minimum atomic E-state index is 0.621. The highest BCUT2D eigenvalue weighted by atomic mass is 16.6. The summed E-state index contributed by atoms with van der Waals surface area (Å²) < 4.78 is 13.6. The van der Waals surface area contributed by atoms with Crippen LogP contribution in [0.5, 0.6) is 11.6 Å². The Morgan fingerprint density at radius 2 is 1.81 bits per heavy atom. The number of allylic oxidation sites excluding steroid dienone is 1. The van der Waals surface area contributed by atoms with E-state index >= 15 is 0 Å². The zero-order valence-corrected chi connectivity index (χ0v) is 19.9. The van der Waals surface area contributed by atoms with E-state index in [4.69, 9.17) is 14.3 Å². The number of oxime groups is 1. The van der Waals surface area contributed by atoms with Crippen LogP contribution >= 0.6 is 0 Å². The molecule has 6 heteroatoms. The van der Waals surface area contributed by atoms with Gasteiger partial charge in [0, 0.05) is 7.05 Å². The number of rotatable bonds is 13. The molecule has 2 rings (SSSR count). The fourth-order valence-electron chi connectivity index (χ4n) is 3.62. The Labute approximate surface area is 186 Å². The molecule has 0 saturated heterocycles. The number of aromatic nitrogens is 2. The lowest BCUT2D eigenvalue weighted by atomic mass is 9.97. The largest absolute Gasteiger partial charge is 0.490 e. The molecule has 6 nitrogen and oxygen atoms in total. The van der Waals surface area contributed by atoms with Gasteiger partial charge in [-0.3, -0.25) is 0 Å². The number of ether oxygens (including phenoxy) is 2. The van der Waals surface area contributed by atoms with E-state index in [2.05, 4.69) is 36.1 Å². The highest BCUT2D eigenvalue weighted by Gasteiger charge is 2.13. The van der Waals surface area contributed by atoms with Gasteiger partial charge in [0.05, 0.1) is 12.9 Å². The smallest absolute Gasteiger partial charge is 0.223 e. The molecule has 170 valence electrons. The zero-order valence-electron chi connectivity index (χ0n) is 19.9. The zero-order chi connectivity index (χ0) is 22.6. The van der Waals surface area contributed by atoms with E-state index in [0.29, 0.717) is 18.9 Å². The fraction of sp³-hybridized carbons (Fsp3) is 0.520. The standard InChI is InChI=1S/C25H37N3O3/c1-7-8-14-30-22-16-19(2)23(20(3)17-22)13-11-9-10-12-15-31-25-24(21(4)27-29-6)26-18-28(25)5/h7-8,16-18H,9-15H2,1-6H3/b8-7+,27-21?. The number of unbranched alkanes of at least 4 members (excludes halogenated alkanes) is 3. The van der Waals surface area contributed by atoms with E-state index in [1.54, 1.807) is 6.33 Å². The Balaban J connectivity index is 1.74. The van der Waals surface area contributed by atoms with Gasteiger partial charge in [0.25, 0.3) is 0 Å². The van der Waals surface area contributed by atoms with Crippen molar-refractivity contribution in [2.75, 3.05) is 20.3 Å². The van der Waals surface area contributed by atoms with Crippen LogP contribution in [0.25, 0.3) is 0 Å². The number of hydrogen-bond donors (Lipinski definition) is 0. The Morgan fingerprint density at radius 3 is 2.48 bits per heavy atom. The third kappa shape index (κ3) is 7.46. The first-order valence-electron chi connectivity index (χ1n) is 11.0. The molecular weight excluding hydrogens is 390 g/mol. The van der Waals surface area contributed by atoms with E-state index in [1.807, 2.05) is 37.6 Å². The fourth-order valence-corrected chi connectivity index (χ4v) is 3.62. The lowest BCUT2D eigenvalue weighted by Gasteiger charge is -2.13. The number of benzene rings is 1. The Bertz CT molecular complexity index is 861. The molecule has 0 spiro atoms. The Kier molecular flexibility index (Phi) is 10.1. The van der Waals surface area contributed by atoms with Gasteiger partial charge in [-0.05, 0) is 75.8 Å². The highest BCUT2D eigenvalue weighted by molar-refractivity contribution is 5.98. The summed E-state index contributed by atoms with van der Waals surface area (Å²) in [5.41, 5.74) is 5.52. The van der Waals surface area contributed by atoms with Crippen molar-refractivity contribution in [1.82, 2.24) is 9.55 Å². The van der Waals surface area contributed by atoms with Crippen molar-refractivity contribution in [3.8, 4) is 11.6 Å². The van der Waals surface area contributed by atoms with Crippen LogP contribution < -0.4 is 9.47 Å². The van der Waals surface area contributed by atoms with Crippen LogP contribution in [0.1, 0.15) is 61.9 Å². The summed E-state index contributed by atoms with van der Waals surface area (Å²) >= 11 is 0. The van der Waals surface area contributed by atoms with Gasteiger partial charge >= 0.3 is 0 Å². The van der Waals surface area contributed by atoms with Crippen molar-refractivity contribution in [3.63, 3.8) is 0 Å². The maximum Gasteiger partial charge on any atom is 0.223 e. The van der Waals surface area contributed by atoms with Gasteiger partial charge in [-0.1, -0.05) is 30.1 Å². The van der Waals surface area contributed by atoms with Crippen molar-refractivity contribution in [1.29, 1.82) is 0 Å². The van der Waals surface area contributed by atoms with Crippen LogP contribution in [-0.2, 0) is 18.3 Å². The molecule has 1 heterocycles. The minimum absolute atomic E-state index is 0.621. The van der Waals surface area contributed by atoms with Gasteiger partial charge in [0.1, 0.15) is 30.9 Å². The maximum atomic E-state index is 5.98. The predicted molar refractivity (Wildman–Crippen MR) is 126 cm³/mol. The number of hydrogen-bond acceptors (Lipinski definition) is 5. The van der Waals surface area contributed by atoms with Gasteiger partial charge < -0.3 is 18.9 Å². The van der Waals surface area contributed by atoms with Crippen LogP contribution in [0.15, 0.2) is 35.8 Å². The predicted octanol–water partition coefficient (Wildman–Crippen LogP) is 5.54. The molecule has 0 aliphatic heterocycles. The van der Waals surface area contributed by atoms with Gasteiger partial charge in [0.2, 0.25) is 5.88 Å². The molecule has 0 atom stereocenters. The van der Waals surface area contributed by atoms with Crippen LogP contribution in [0.2, 0.25) is 0 Å². The van der Waals surface area contributed by atoms with E-state index < -0.39 is 0 Å². The molecule has 0 amide bonds. The summed E-state index contributed by atoms with van der Waals surface area (Å²) in [6.45, 7) is 9.52. The van der Waals surface area contributed by atoms with E-state index in [-0.39, 0.29) is 0 Å². The van der Waals surface area contributed by atoms with Crippen LogP contribution in [-0.4, -0.2) is 35.6 Å². The first-order chi connectivity index (χ1) is 15.0. The molecule has 1 aromatic carbocycles. The SMILES string of the molecule is C/C=C/COc1cc(C)c(CCCCCCOc2c(C(C)=NOC)ncn2C)c(C)c1. The van der Waals surface area contributed by atoms with Crippen molar-refractivity contribution in [3.05, 3.63) is 53.0 Å². The molecule has 0 aliphatic carbocycles. The lowest BCUT2D eigenvalue weighted by molar-refractivity contribution is 0.213. The quantitative estimate of drug-likeness (QED) is 0.182. The van der Waals surface area contributed by atoms with E-state index in [0.717, 1.165) is 36.6 Å². The first kappa shape index (κ1) is 24.5. The molecule has 0 N–H and O–H groups in total. The molecular formula is C25H37N3O3. The van der Waals surface area contributed by atoms with E-state index in [1.165, 1.54) is 36.6 Å². The summed E-state index contributed by atoms with van der Waals surface area (Å²) in [5.74, 6) is 1.69. The number of nitrogens with zero attached hydrogens (tertiary/aromatic N) is 3. The molecule has 0 bridgehead atoms. The van der Waals surface area contributed by atoms with E-state index in [9.17, 15) is 0 Å². The third-order valence-electron chi connectivity index (χ3n) is 5.27. The Morgan fingerprint density at radius 1 is 1.10 bits per heavy atom. The lowest BCUT2D eigenvalue weighted by Crippen LogP contribution is -2.06. The van der Waals surface area contributed by atoms with Crippen molar-refractivity contribution >= 4 is 5.71 Å². The summed E-state index contributed by atoms with van der Waals surface area (Å²) in [7, 11) is 3.46. The normalized spacial score (nSPS) is 11.9. The summed E-state index contributed by atoms with van der Waals surface area (Å²) in [6, 6.07) is 4.31.